The molecule has 1 unspecified atom stereocenters. The zero-order chi connectivity index (χ0) is 20.0. The summed E-state index contributed by atoms with van der Waals surface area (Å²) in [6, 6.07) is 0. The average molecular weight is 381 g/mol. The highest BCUT2D eigenvalue weighted by atomic mass is 16.6. The van der Waals surface area contributed by atoms with E-state index in [1.54, 1.807) is 0 Å². The second kappa shape index (κ2) is 20.9. The van der Waals surface area contributed by atoms with Crippen molar-refractivity contribution in [2.45, 2.75) is 84.2 Å². The summed E-state index contributed by atoms with van der Waals surface area (Å²) in [5, 5.41) is 9.05. The zero-order valence-corrected chi connectivity index (χ0v) is 17.4. The second-order valence-corrected chi connectivity index (χ2v) is 6.69. The number of esters is 1. The lowest BCUT2D eigenvalue weighted by Gasteiger charge is -2.14. The number of carbonyl (C=O) groups is 1. The van der Waals surface area contributed by atoms with Crippen molar-refractivity contribution >= 4 is 5.97 Å². The molecule has 0 saturated heterocycles. The van der Waals surface area contributed by atoms with Crippen molar-refractivity contribution in [3.8, 4) is 0 Å². The van der Waals surface area contributed by atoms with Gasteiger partial charge < -0.3 is 14.6 Å². The Morgan fingerprint density at radius 2 is 1.48 bits per heavy atom. The van der Waals surface area contributed by atoms with Crippen LogP contribution in [0.3, 0.4) is 0 Å². The van der Waals surface area contributed by atoms with Gasteiger partial charge in [-0.3, -0.25) is 4.79 Å². The Kier molecular flexibility index (Phi) is 19.8. The number of aliphatic hydroxyl groups excluding tert-OH is 1. The van der Waals surface area contributed by atoms with E-state index in [-0.39, 0.29) is 19.2 Å². The number of allylic oxidation sites excluding steroid dienone is 6. The van der Waals surface area contributed by atoms with Gasteiger partial charge in [0.25, 0.3) is 0 Å². The van der Waals surface area contributed by atoms with Crippen molar-refractivity contribution in [2.24, 2.45) is 0 Å². The van der Waals surface area contributed by atoms with E-state index >= 15 is 0 Å². The lowest BCUT2D eigenvalue weighted by Crippen LogP contribution is -2.26. The van der Waals surface area contributed by atoms with Gasteiger partial charge in [-0.25, -0.2) is 0 Å². The number of unbranched alkanes of at least 4 members (excludes halogenated alkanes) is 6. The van der Waals surface area contributed by atoms with Gasteiger partial charge in [0.2, 0.25) is 0 Å². The SMILES string of the molecule is CC/C=C\C/C=C\C/C=C\CCCCCCCCOCC(CO)OC(C)=O. The molecule has 0 aromatic rings. The van der Waals surface area contributed by atoms with Crippen LogP contribution in [-0.2, 0) is 14.3 Å². The quantitative estimate of drug-likeness (QED) is 0.193. The van der Waals surface area contributed by atoms with Gasteiger partial charge in [-0.15, -0.1) is 0 Å². The zero-order valence-electron chi connectivity index (χ0n) is 17.4. The van der Waals surface area contributed by atoms with E-state index in [4.69, 9.17) is 14.6 Å². The fourth-order valence-electron chi connectivity index (χ4n) is 2.57. The molecule has 0 rings (SSSR count). The van der Waals surface area contributed by atoms with Crippen molar-refractivity contribution in [3.63, 3.8) is 0 Å². The monoisotopic (exact) mass is 380 g/mol. The maximum Gasteiger partial charge on any atom is 0.303 e. The molecule has 0 fully saturated rings. The molecule has 0 spiro atoms. The largest absolute Gasteiger partial charge is 0.458 e. The molecule has 1 N–H and O–H groups in total. The summed E-state index contributed by atoms with van der Waals surface area (Å²) in [4.78, 5) is 10.8. The third kappa shape index (κ3) is 20.8. The Bertz CT molecular complexity index is 413. The van der Waals surface area contributed by atoms with Gasteiger partial charge in [0.05, 0.1) is 13.2 Å². The van der Waals surface area contributed by atoms with Crippen LogP contribution in [0.5, 0.6) is 0 Å². The Morgan fingerprint density at radius 3 is 2.11 bits per heavy atom. The topological polar surface area (TPSA) is 55.8 Å². The molecular formula is C23H40O4. The van der Waals surface area contributed by atoms with Crippen molar-refractivity contribution < 1.29 is 19.4 Å². The lowest BCUT2D eigenvalue weighted by molar-refractivity contribution is -0.152. The molecule has 0 heterocycles. The van der Waals surface area contributed by atoms with Crippen molar-refractivity contribution in [2.75, 3.05) is 19.8 Å². The van der Waals surface area contributed by atoms with Crippen LogP contribution >= 0.6 is 0 Å². The molecule has 4 nitrogen and oxygen atoms in total. The van der Waals surface area contributed by atoms with Crippen LogP contribution in [0.4, 0.5) is 0 Å². The molecule has 0 aromatic heterocycles. The van der Waals surface area contributed by atoms with E-state index < -0.39 is 6.10 Å². The molecule has 156 valence electrons. The first-order valence-corrected chi connectivity index (χ1v) is 10.5. The summed E-state index contributed by atoms with van der Waals surface area (Å²) >= 11 is 0. The third-order valence-corrected chi connectivity index (χ3v) is 4.03. The summed E-state index contributed by atoms with van der Waals surface area (Å²) in [5.41, 5.74) is 0. The number of carbonyl (C=O) groups excluding carboxylic acids is 1. The average Bonchev–Trinajstić information content (AvgIpc) is 2.65. The standard InChI is InChI=1S/C23H40O4/c1-3-4-5-6-7-8-9-10-11-12-13-14-15-16-17-18-19-26-21-23(20-24)27-22(2)25/h4-5,7-8,10-11,23-24H,3,6,9,12-21H2,1-2H3/b5-4-,8-7-,11-10-. The van der Waals surface area contributed by atoms with E-state index in [9.17, 15) is 4.79 Å². The van der Waals surface area contributed by atoms with Crippen LogP contribution in [0.25, 0.3) is 0 Å². The van der Waals surface area contributed by atoms with Crippen molar-refractivity contribution in [1.29, 1.82) is 0 Å². The summed E-state index contributed by atoms with van der Waals surface area (Å²) in [6.45, 7) is 4.22. The lowest BCUT2D eigenvalue weighted by atomic mass is 10.1. The summed E-state index contributed by atoms with van der Waals surface area (Å²) in [7, 11) is 0. The van der Waals surface area contributed by atoms with Gasteiger partial charge in [-0.1, -0.05) is 69.1 Å². The Balaban J connectivity index is 3.32. The van der Waals surface area contributed by atoms with Crippen molar-refractivity contribution in [1.82, 2.24) is 0 Å². The van der Waals surface area contributed by atoms with Crippen LogP contribution < -0.4 is 0 Å². The minimum absolute atomic E-state index is 0.194. The minimum Gasteiger partial charge on any atom is -0.458 e. The molecule has 0 amide bonds. The smallest absolute Gasteiger partial charge is 0.303 e. The van der Waals surface area contributed by atoms with Gasteiger partial charge in [0.15, 0.2) is 0 Å². The molecule has 1 atom stereocenters. The van der Waals surface area contributed by atoms with Crippen molar-refractivity contribution in [3.05, 3.63) is 36.5 Å². The number of aliphatic hydroxyl groups is 1. The molecular weight excluding hydrogens is 340 g/mol. The first-order chi connectivity index (χ1) is 13.2. The summed E-state index contributed by atoms with van der Waals surface area (Å²) in [6.07, 6.45) is 24.4. The fourth-order valence-corrected chi connectivity index (χ4v) is 2.57. The molecule has 0 aliphatic heterocycles. The highest BCUT2D eigenvalue weighted by Crippen LogP contribution is 2.08. The van der Waals surface area contributed by atoms with E-state index in [0.29, 0.717) is 6.61 Å². The predicted molar refractivity (Wildman–Crippen MR) is 113 cm³/mol. The van der Waals surface area contributed by atoms with Gasteiger partial charge >= 0.3 is 5.97 Å². The maximum atomic E-state index is 10.8. The number of ether oxygens (including phenoxy) is 2. The van der Waals surface area contributed by atoms with Crippen LogP contribution in [0.15, 0.2) is 36.5 Å². The highest BCUT2D eigenvalue weighted by Gasteiger charge is 2.10. The van der Waals surface area contributed by atoms with E-state index in [2.05, 4.69) is 43.4 Å². The molecule has 0 aliphatic carbocycles. The van der Waals surface area contributed by atoms with Crippen LogP contribution in [-0.4, -0.2) is 37.0 Å². The minimum atomic E-state index is -0.538. The normalized spacial score (nSPS) is 13.1. The Labute approximate surface area is 166 Å². The fraction of sp³-hybridized carbons (Fsp3) is 0.696. The van der Waals surface area contributed by atoms with Crippen LogP contribution in [0.2, 0.25) is 0 Å². The number of rotatable bonds is 18. The molecule has 0 bridgehead atoms. The third-order valence-electron chi connectivity index (χ3n) is 4.03. The van der Waals surface area contributed by atoms with E-state index in [1.807, 2.05) is 0 Å². The summed E-state index contributed by atoms with van der Waals surface area (Å²) in [5.74, 6) is -0.385. The van der Waals surface area contributed by atoms with Gasteiger partial charge in [-0.05, 0) is 38.5 Å². The highest BCUT2D eigenvalue weighted by molar-refractivity contribution is 5.66. The molecule has 0 saturated carbocycles. The number of hydrogen-bond acceptors (Lipinski definition) is 4. The Hall–Kier alpha value is -1.39. The predicted octanol–water partition coefficient (Wildman–Crippen LogP) is 5.52. The van der Waals surface area contributed by atoms with Gasteiger partial charge in [0.1, 0.15) is 6.10 Å². The molecule has 0 aliphatic rings. The molecule has 4 heteroatoms. The maximum absolute atomic E-state index is 10.8. The first kappa shape index (κ1) is 25.6. The second-order valence-electron chi connectivity index (χ2n) is 6.69. The number of hydrogen-bond donors (Lipinski definition) is 1. The Morgan fingerprint density at radius 1 is 0.889 bits per heavy atom. The van der Waals surface area contributed by atoms with Crippen LogP contribution in [0, 0.1) is 0 Å². The molecule has 0 radical (unpaired) electrons. The molecule has 0 aromatic carbocycles. The van der Waals surface area contributed by atoms with E-state index in [0.717, 1.165) is 32.1 Å². The molecule has 27 heavy (non-hydrogen) atoms. The van der Waals surface area contributed by atoms with E-state index in [1.165, 1.54) is 39.0 Å². The van der Waals surface area contributed by atoms with Gasteiger partial charge in [-0.2, -0.15) is 0 Å². The van der Waals surface area contributed by atoms with Gasteiger partial charge in [0, 0.05) is 13.5 Å². The summed E-state index contributed by atoms with van der Waals surface area (Å²) < 4.78 is 10.4. The van der Waals surface area contributed by atoms with Crippen LogP contribution in [0.1, 0.15) is 78.1 Å². The first-order valence-electron chi connectivity index (χ1n) is 10.5.